The molecule has 0 amide bonds. The van der Waals surface area contributed by atoms with E-state index in [1.54, 1.807) is 0 Å². The molecule has 122 valence electrons. The Bertz CT molecular complexity index is 337. The Morgan fingerprint density at radius 1 is 1.19 bits per heavy atom. The molecule has 0 spiro atoms. The van der Waals surface area contributed by atoms with Crippen LogP contribution in [-0.4, -0.2) is 67.3 Å². The summed E-state index contributed by atoms with van der Waals surface area (Å²) in [7, 11) is 0. The summed E-state index contributed by atoms with van der Waals surface area (Å²) >= 11 is 0. The largest absolute Gasteiger partial charge is 0.378 e. The van der Waals surface area contributed by atoms with Gasteiger partial charge in [0.05, 0.1) is 6.10 Å². The van der Waals surface area contributed by atoms with Gasteiger partial charge >= 0.3 is 0 Å². The average molecular weight is 295 g/mol. The molecular weight excluding hydrogens is 262 g/mol. The summed E-state index contributed by atoms with van der Waals surface area (Å²) in [4.78, 5) is 5.35. The van der Waals surface area contributed by atoms with E-state index < -0.39 is 0 Å². The van der Waals surface area contributed by atoms with Crippen LogP contribution in [0.15, 0.2) is 0 Å². The zero-order valence-electron chi connectivity index (χ0n) is 13.9. The third-order valence-electron chi connectivity index (χ3n) is 5.86. The van der Waals surface area contributed by atoms with Crippen LogP contribution in [0.5, 0.6) is 0 Å². The molecule has 2 heterocycles. The maximum Gasteiger partial charge on any atom is 0.0616 e. The number of nitrogens with zero attached hydrogens (tertiary/aromatic N) is 2. The van der Waals surface area contributed by atoms with Crippen LogP contribution in [0.3, 0.4) is 0 Å². The van der Waals surface area contributed by atoms with Gasteiger partial charge in [-0.05, 0) is 37.5 Å². The smallest absolute Gasteiger partial charge is 0.0616 e. The summed E-state index contributed by atoms with van der Waals surface area (Å²) in [5.41, 5.74) is 6.44. The molecule has 2 atom stereocenters. The first-order chi connectivity index (χ1) is 10.1. The van der Waals surface area contributed by atoms with Crippen molar-refractivity contribution < 1.29 is 4.74 Å². The second kappa shape index (κ2) is 6.53. The van der Waals surface area contributed by atoms with Crippen LogP contribution in [0.4, 0.5) is 0 Å². The highest BCUT2D eigenvalue weighted by Crippen LogP contribution is 2.34. The third kappa shape index (κ3) is 3.61. The van der Waals surface area contributed by atoms with Crippen molar-refractivity contribution in [1.82, 2.24) is 9.80 Å². The maximum absolute atomic E-state index is 6.25. The van der Waals surface area contributed by atoms with E-state index in [-0.39, 0.29) is 5.54 Å². The summed E-state index contributed by atoms with van der Waals surface area (Å²) in [6.07, 6.45) is 5.52. The molecule has 1 saturated carbocycles. The van der Waals surface area contributed by atoms with Crippen LogP contribution in [0, 0.1) is 11.8 Å². The highest BCUT2D eigenvalue weighted by atomic mass is 16.5. The minimum atomic E-state index is 0.193. The Morgan fingerprint density at radius 2 is 1.90 bits per heavy atom. The molecule has 2 saturated heterocycles. The molecule has 0 aromatic heterocycles. The number of piperazine rings is 1. The SMILES string of the molecule is CC(C)C1CC(CN)(N2CCN(CC3CC3)CC2)CCO1. The van der Waals surface area contributed by atoms with Crippen molar-refractivity contribution in [3.05, 3.63) is 0 Å². The van der Waals surface area contributed by atoms with Crippen molar-refractivity contribution in [2.75, 3.05) is 45.9 Å². The van der Waals surface area contributed by atoms with Crippen molar-refractivity contribution in [3.63, 3.8) is 0 Å². The van der Waals surface area contributed by atoms with Gasteiger partial charge < -0.3 is 15.4 Å². The van der Waals surface area contributed by atoms with Gasteiger partial charge in [0.1, 0.15) is 0 Å². The minimum Gasteiger partial charge on any atom is -0.378 e. The molecule has 3 fully saturated rings. The van der Waals surface area contributed by atoms with Crippen molar-refractivity contribution >= 4 is 0 Å². The van der Waals surface area contributed by atoms with Crippen molar-refractivity contribution in [2.24, 2.45) is 17.6 Å². The molecule has 0 aromatic carbocycles. The molecule has 4 heteroatoms. The average Bonchev–Trinajstić information content (AvgIpc) is 3.32. The van der Waals surface area contributed by atoms with Gasteiger partial charge in [-0.1, -0.05) is 13.8 Å². The Labute approximate surface area is 130 Å². The fourth-order valence-electron chi connectivity index (χ4n) is 4.04. The zero-order chi connectivity index (χ0) is 14.9. The van der Waals surface area contributed by atoms with Crippen LogP contribution < -0.4 is 5.73 Å². The molecule has 0 bridgehead atoms. The van der Waals surface area contributed by atoms with Crippen LogP contribution in [0.25, 0.3) is 0 Å². The fraction of sp³-hybridized carbons (Fsp3) is 1.00. The lowest BCUT2D eigenvalue weighted by Gasteiger charge is -2.51. The van der Waals surface area contributed by atoms with E-state index in [9.17, 15) is 0 Å². The van der Waals surface area contributed by atoms with E-state index >= 15 is 0 Å². The van der Waals surface area contributed by atoms with Crippen LogP contribution in [0.1, 0.15) is 39.5 Å². The molecule has 2 aliphatic heterocycles. The van der Waals surface area contributed by atoms with Gasteiger partial charge in [-0.3, -0.25) is 4.90 Å². The first-order valence-electron chi connectivity index (χ1n) is 8.92. The number of rotatable bonds is 5. The molecule has 4 nitrogen and oxygen atoms in total. The van der Waals surface area contributed by atoms with E-state index in [1.807, 2.05) is 0 Å². The summed E-state index contributed by atoms with van der Waals surface area (Å²) in [5, 5.41) is 0. The Hall–Kier alpha value is -0.160. The van der Waals surface area contributed by atoms with Gasteiger partial charge in [-0.15, -0.1) is 0 Å². The standard InChI is InChI=1S/C17H33N3O/c1-14(2)16-11-17(13-18,5-10-21-16)20-8-6-19(7-9-20)12-15-3-4-15/h14-16H,3-13,18H2,1-2H3. The van der Waals surface area contributed by atoms with Gasteiger partial charge in [-0.25, -0.2) is 0 Å². The predicted octanol–water partition coefficient (Wildman–Crippen LogP) is 1.55. The normalized spacial score (nSPS) is 36.3. The van der Waals surface area contributed by atoms with Gasteiger partial charge in [0, 0.05) is 51.4 Å². The van der Waals surface area contributed by atoms with Gasteiger partial charge in [-0.2, -0.15) is 0 Å². The predicted molar refractivity (Wildman–Crippen MR) is 86.3 cm³/mol. The van der Waals surface area contributed by atoms with E-state index in [0.717, 1.165) is 31.9 Å². The first-order valence-corrected chi connectivity index (χ1v) is 8.92. The summed E-state index contributed by atoms with van der Waals surface area (Å²) in [5.74, 6) is 1.60. The molecule has 3 aliphatic rings. The lowest BCUT2D eigenvalue weighted by Crippen LogP contribution is -2.63. The van der Waals surface area contributed by atoms with Crippen LogP contribution >= 0.6 is 0 Å². The minimum absolute atomic E-state index is 0.193. The monoisotopic (exact) mass is 295 g/mol. The Morgan fingerprint density at radius 3 is 2.48 bits per heavy atom. The quantitative estimate of drug-likeness (QED) is 0.835. The number of hydrogen-bond acceptors (Lipinski definition) is 4. The number of ether oxygens (including phenoxy) is 1. The molecule has 0 radical (unpaired) electrons. The Kier molecular flexibility index (Phi) is 4.89. The summed E-state index contributed by atoms with van der Waals surface area (Å²) < 4.78 is 5.98. The molecule has 0 aromatic rings. The Balaban J connectivity index is 1.57. The van der Waals surface area contributed by atoms with Gasteiger partial charge in [0.25, 0.3) is 0 Å². The highest BCUT2D eigenvalue weighted by molar-refractivity contribution is 4.98. The van der Waals surface area contributed by atoms with Crippen molar-refractivity contribution in [1.29, 1.82) is 0 Å². The van der Waals surface area contributed by atoms with E-state index in [4.69, 9.17) is 10.5 Å². The van der Waals surface area contributed by atoms with Crippen LogP contribution in [0.2, 0.25) is 0 Å². The van der Waals surface area contributed by atoms with Crippen molar-refractivity contribution in [2.45, 2.75) is 51.2 Å². The van der Waals surface area contributed by atoms with Crippen molar-refractivity contribution in [3.8, 4) is 0 Å². The van der Waals surface area contributed by atoms with E-state index in [2.05, 4.69) is 23.6 Å². The summed E-state index contributed by atoms with van der Waals surface area (Å²) in [6, 6.07) is 0. The number of hydrogen-bond donors (Lipinski definition) is 1. The lowest BCUT2D eigenvalue weighted by molar-refractivity contribution is -0.0962. The van der Waals surface area contributed by atoms with Gasteiger partial charge in [0.15, 0.2) is 0 Å². The van der Waals surface area contributed by atoms with E-state index in [1.165, 1.54) is 45.6 Å². The molecule has 3 rings (SSSR count). The molecule has 1 aliphatic carbocycles. The highest BCUT2D eigenvalue weighted by Gasteiger charge is 2.42. The number of nitrogens with two attached hydrogens (primary N) is 1. The third-order valence-corrected chi connectivity index (χ3v) is 5.86. The molecule has 2 unspecified atom stereocenters. The van der Waals surface area contributed by atoms with Crippen LogP contribution in [-0.2, 0) is 4.74 Å². The second-order valence-corrected chi connectivity index (χ2v) is 7.77. The molecular formula is C17H33N3O. The summed E-state index contributed by atoms with van der Waals surface area (Å²) in [6.45, 7) is 12.4. The first kappa shape index (κ1) is 15.7. The lowest BCUT2D eigenvalue weighted by atomic mass is 9.81. The van der Waals surface area contributed by atoms with Gasteiger partial charge in [0.2, 0.25) is 0 Å². The molecule has 2 N–H and O–H groups in total. The molecule has 21 heavy (non-hydrogen) atoms. The zero-order valence-corrected chi connectivity index (χ0v) is 13.9. The van der Waals surface area contributed by atoms with E-state index in [0.29, 0.717) is 12.0 Å². The second-order valence-electron chi connectivity index (χ2n) is 7.77. The topological polar surface area (TPSA) is 41.7 Å². The maximum atomic E-state index is 6.25. The fourth-order valence-corrected chi connectivity index (χ4v) is 4.04.